The minimum absolute atomic E-state index is 0.0187. The highest BCUT2D eigenvalue weighted by Crippen LogP contribution is 2.37. The van der Waals surface area contributed by atoms with E-state index >= 15 is 0 Å². The van der Waals surface area contributed by atoms with Crippen molar-refractivity contribution in [3.05, 3.63) is 40.8 Å². The molecule has 4 rings (SSSR count). The highest BCUT2D eigenvalue weighted by Gasteiger charge is 2.32. The second kappa shape index (κ2) is 15.5. The number of unbranched alkanes of at least 4 members (excludes halogenated alkanes) is 2. The molecule has 1 aromatic carbocycles. The molecule has 47 heavy (non-hydrogen) atoms. The number of methoxy groups -OCH3 is 1. The fourth-order valence-corrected chi connectivity index (χ4v) is 7.59. The maximum absolute atomic E-state index is 12.9. The normalized spacial score (nSPS) is 14.6. The third-order valence-corrected chi connectivity index (χ3v) is 10.4. The molecular formula is C28H32N2O14S3. The standard InChI is InChI=1S/C28H32N2O14S3/c1-41-11-12-42-16-19(5-3-2-4-6-25(33)44-30-23(31)9-10-24(30)32)29-18-8-7-17-13-20(28(34)43-21(17)14-18)27-22(46(35,36)37)15-26(45-27)47(38,39)40/h7-8,13-15,19,29H,2-6,9-12,16H2,1H3,(H,35,36,37)(H,38,39,40). The summed E-state index contributed by atoms with van der Waals surface area (Å²) in [5, 5.41) is 4.19. The summed E-state index contributed by atoms with van der Waals surface area (Å²) in [6.45, 7) is 1.02. The molecule has 1 fully saturated rings. The third kappa shape index (κ3) is 9.66. The molecule has 19 heteroatoms. The van der Waals surface area contributed by atoms with E-state index in [0.717, 1.165) is 0 Å². The predicted molar refractivity (Wildman–Crippen MR) is 166 cm³/mol. The summed E-state index contributed by atoms with van der Waals surface area (Å²) in [5.41, 5.74) is -0.672. The number of imide groups is 1. The molecule has 3 N–H and O–H groups in total. The van der Waals surface area contributed by atoms with Crippen LogP contribution in [0, 0.1) is 0 Å². The largest absolute Gasteiger partial charge is 0.422 e. The number of carbonyl (C=O) groups excluding carboxylic acids is 3. The van der Waals surface area contributed by atoms with Gasteiger partial charge in [-0.3, -0.25) is 18.7 Å². The number of amides is 2. The molecule has 0 saturated carbocycles. The van der Waals surface area contributed by atoms with E-state index in [1.807, 2.05) is 0 Å². The molecule has 0 spiro atoms. The van der Waals surface area contributed by atoms with Gasteiger partial charge in [-0.2, -0.15) is 16.8 Å². The van der Waals surface area contributed by atoms with Gasteiger partial charge in [0.05, 0.1) is 30.3 Å². The number of hydrogen-bond acceptors (Lipinski definition) is 14. The van der Waals surface area contributed by atoms with Crippen LogP contribution in [0.3, 0.4) is 0 Å². The Balaban J connectivity index is 1.44. The Hall–Kier alpha value is -3.72. The van der Waals surface area contributed by atoms with Gasteiger partial charge in [0.15, 0.2) is 0 Å². The summed E-state index contributed by atoms with van der Waals surface area (Å²) >= 11 is 0.284. The average molecular weight is 717 g/mol. The van der Waals surface area contributed by atoms with Crippen LogP contribution >= 0.6 is 11.3 Å². The molecular weight excluding hydrogens is 685 g/mol. The summed E-state index contributed by atoms with van der Waals surface area (Å²) in [4.78, 5) is 51.8. The molecule has 1 atom stereocenters. The van der Waals surface area contributed by atoms with Crippen LogP contribution in [0.1, 0.15) is 44.9 Å². The number of hydrogen-bond donors (Lipinski definition) is 3. The molecule has 2 amide bonds. The number of fused-ring (bicyclic) bond motifs is 1. The quantitative estimate of drug-likeness (QED) is 0.0788. The van der Waals surface area contributed by atoms with Crippen molar-refractivity contribution in [3.8, 4) is 10.4 Å². The molecule has 16 nitrogen and oxygen atoms in total. The van der Waals surface area contributed by atoms with Gasteiger partial charge >= 0.3 is 21.7 Å². The first kappa shape index (κ1) is 36.1. The highest BCUT2D eigenvalue weighted by molar-refractivity contribution is 7.89. The Morgan fingerprint density at radius 1 is 1.00 bits per heavy atom. The molecule has 0 aliphatic carbocycles. The van der Waals surface area contributed by atoms with Gasteiger partial charge in [0, 0.05) is 49.6 Å². The van der Waals surface area contributed by atoms with Crippen LogP contribution in [0.15, 0.2) is 48.6 Å². The van der Waals surface area contributed by atoms with Gasteiger partial charge in [0.25, 0.3) is 21.9 Å². The smallest absolute Gasteiger partial charge is 0.345 e. The lowest BCUT2D eigenvalue weighted by Crippen LogP contribution is -2.31. The van der Waals surface area contributed by atoms with E-state index in [9.17, 15) is 45.1 Å². The first-order valence-corrected chi connectivity index (χ1v) is 17.9. The van der Waals surface area contributed by atoms with Crippen molar-refractivity contribution in [1.82, 2.24) is 5.06 Å². The van der Waals surface area contributed by atoms with Crippen LogP contribution < -0.4 is 10.9 Å². The second-order valence-corrected chi connectivity index (χ2v) is 14.6. The van der Waals surface area contributed by atoms with E-state index in [1.54, 1.807) is 25.3 Å². The number of nitrogens with one attached hydrogen (secondary N) is 1. The van der Waals surface area contributed by atoms with Gasteiger partial charge in [-0.15, -0.1) is 16.4 Å². The van der Waals surface area contributed by atoms with E-state index in [2.05, 4.69) is 5.32 Å². The van der Waals surface area contributed by atoms with Crippen molar-refractivity contribution in [2.24, 2.45) is 0 Å². The van der Waals surface area contributed by atoms with Crippen molar-refractivity contribution >= 4 is 66.0 Å². The molecule has 3 heterocycles. The monoisotopic (exact) mass is 716 g/mol. The number of nitrogens with zero attached hydrogens (tertiary/aromatic N) is 1. The van der Waals surface area contributed by atoms with Crippen LogP contribution in [-0.4, -0.2) is 81.8 Å². The third-order valence-electron chi connectivity index (χ3n) is 6.94. The van der Waals surface area contributed by atoms with Crippen molar-refractivity contribution in [1.29, 1.82) is 0 Å². The zero-order valence-corrected chi connectivity index (χ0v) is 27.5. The Labute approximate surface area is 273 Å². The zero-order valence-electron chi connectivity index (χ0n) is 25.0. The number of ether oxygens (including phenoxy) is 2. The maximum atomic E-state index is 12.9. The van der Waals surface area contributed by atoms with Crippen LogP contribution in [0.25, 0.3) is 21.4 Å². The Morgan fingerprint density at radius 3 is 2.38 bits per heavy atom. The Morgan fingerprint density at radius 2 is 1.72 bits per heavy atom. The lowest BCUT2D eigenvalue weighted by atomic mass is 10.1. The number of benzene rings is 1. The van der Waals surface area contributed by atoms with Crippen molar-refractivity contribution < 1.29 is 59.1 Å². The van der Waals surface area contributed by atoms with E-state index in [4.69, 9.17) is 18.7 Å². The molecule has 256 valence electrons. The van der Waals surface area contributed by atoms with Crippen LogP contribution in [0.5, 0.6) is 0 Å². The first-order chi connectivity index (χ1) is 22.2. The summed E-state index contributed by atoms with van der Waals surface area (Å²) in [6.07, 6.45) is 2.45. The Bertz CT molecular complexity index is 1900. The number of thiophene rings is 1. The van der Waals surface area contributed by atoms with Gasteiger partial charge < -0.3 is 24.0 Å². The Kier molecular flexibility index (Phi) is 11.9. The molecule has 3 aromatic rings. The summed E-state index contributed by atoms with van der Waals surface area (Å²) in [7, 11) is -8.26. The van der Waals surface area contributed by atoms with E-state index < -0.39 is 57.6 Å². The molecule has 0 radical (unpaired) electrons. The van der Waals surface area contributed by atoms with Gasteiger partial charge in [-0.1, -0.05) is 12.8 Å². The number of rotatable bonds is 17. The van der Waals surface area contributed by atoms with Crippen molar-refractivity contribution in [2.75, 3.05) is 32.2 Å². The molecule has 1 aliphatic heterocycles. The van der Waals surface area contributed by atoms with Gasteiger partial charge in [-0.25, -0.2) is 9.59 Å². The van der Waals surface area contributed by atoms with Crippen molar-refractivity contribution in [2.45, 2.75) is 60.1 Å². The molecule has 0 bridgehead atoms. The average Bonchev–Trinajstić information content (AvgIpc) is 3.59. The number of carbonyl (C=O) groups is 3. The fourth-order valence-electron chi connectivity index (χ4n) is 4.66. The lowest BCUT2D eigenvalue weighted by Gasteiger charge is -2.20. The van der Waals surface area contributed by atoms with Crippen LogP contribution in [-0.2, 0) is 48.9 Å². The van der Waals surface area contributed by atoms with Crippen molar-refractivity contribution in [3.63, 3.8) is 0 Å². The molecule has 1 aliphatic rings. The van der Waals surface area contributed by atoms with Gasteiger partial charge in [-0.05, 0) is 37.1 Å². The SMILES string of the molecule is COCCOCC(CCCCCC(=O)ON1C(=O)CCC1=O)Nc1ccc2cc(-c3sc(S(=O)(=O)O)cc3S(=O)(=O)O)c(=O)oc2c1. The number of hydroxylamine groups is 2. The molecule has 1 saturated heterocycles. The molecule has 2 aromatic heterocycles. The summed E-state index contributed by atoms with van der Waals surface area (Å²) in [6, 6.07) is 6.42. The highest BCUT2D eigenvalue weighted by atomic mass is 32.3. The van der Waals surface area contributed by atoms with E-state index in [0.29, 0.717) is 67.7 Å². The van der Waals surface area contributed by atoms with Crippen LogP contribution in [0.2, 0.25) is 0 Å². The topological polar surface area (TPSA) is 233 Å². The van der Waals surface area contributed by atoms with E-state index in [-0.39, 0.29) is 47.8 Å². The summed E-state index contributed by atoms with van der Waals surface area (Å²) < 4.78 is 81.4. The first-order valence-electron chi connectivity index (χ1n) is 14.2. The fraction of sp³-hybridized carbons (Fsp3) is 0.429. The lowest BCUT2D eigenvalue weighted by molar-refractivity contribution is -0.197. The van der Waals surface area contributed by atoms with Crippen LogP contribution in [0.4, 0.5) is 5.69 Å². The van der Waals surface area contributed by atoms with E-state index in [1.165, 1.54) is 6.07 Å². The summed E-state index contributed by atoms with van der Waals surface area (Å²) in [5.74, 6) is -1.75. The zero-order chi connectivity index (χ0) is 34.4. The minimum Gasteiger partial charge on any atom is -0.422 e. The van der Waals surface area contributed by atoms with Gasteiger partial charge in [0.2, 0.25) is 0 Å². The second-order valence-electron chi connectivity index (χ2n) is 10.5. The molecule has 1 unspecified atom stereocenters. The number of anilines is 1. The predicted octanol–water partition coefficient (Wildman–Crippen LogP) is 3.02. The minimum atomic E-state index is -4.97. The van der Waals surface area contributed by atoms with Gasteiger partial charge in [0.1, 0.15) is 14.7 Å². The maximum Gasteiger partial charge on any atom is 0.345 e.